The van der Waals surface area contributed by atoms with Crippen LogP contribution in [0.4, 0.5) is 5.69 Å². The molecule has 8 nitrogen and oxygen atoms in total. The van der Waals surface area contributed by atoms with Gasteiger partial charge in [0.25, 0.3) is 5.56 Å². The van der Waals surface area contributed by atoms with Crippen molar-refractivity contribution in [1.29, 1.82) is 0 Å². The molecule has 2 amide bonds. The molecule has 0 aliphatic carbocycles. The Bertz CT molecular complexity index is 976. The molecule has 29 heavy (non-hydrogen) atoms. The van der Waals surface area contributed by atoms with E-state index in [4.69, 9.17) is 11.6 Å². The van der Waals surface area contributed by atoms with Gasteiger partial charge in [-0.2, -0.15) is 9.78 Å². The summed E-state index contributed by atoms with van der Waals surface area (Å²) in [6, 6.07) is 9.10. The molecule has 0 atom stereocenters. The number of carbonyl (C=O) groups excluding carboxylic acids is 2. The van der Waals surface area contributed by atoms with Gasteiger partial charge in [0.15, 0.2) is 0 Å². The van der Waals surface area contributed by atoms with Crippen LogP contribution in [0.2, 0.25) is 5.02 Å². The number of amides is 2. The average molecular weight is 434 g/mol. The van der Waals surface area contributed by atoms with Crippen molar-refractivity contribution < 1.29 is 9.59 Å². The van der Waals surface area contributed by atoms with Gasteiger partial charge >= 0.3 is 0 Å². The molecule has 0 unspecified atom stereocenters. The van der Waals surface area contributed by atoms with Crippen LogP contribution in [-0.4, -0.2) is 75.7 Å². The molecule has 0 N–H and O–H groups in total. The fourth-order valence-electron chi connectivity index (χ4n) is 3.40. The number of carbonyl (C=O) groups is 2. The van der Waals surface area contributed by atoms with E-state index in [-0.39, 0.29) is 28.9 Å². The van der Waals surface area contributed by atoms with Crippen LogP contribution in [0.1, 0.15) is 0 Å². The van der Waals surface area contributed by atoms with Crippen LogP contribution in [-0.2, 0) is 9.59 Å². The fourth-order valence-corrected chi connectivity index (χ4v) is 4.55. The molecule has 2 aliphatic heterocycles. The molecule has 3 heterocycles. The fraction of sp³-hybridized carbons (Fsp3) is 0.368. The minimum atomic E-state index is -0.376. The van der Waals surface area contributed by atoms with Crippen LogP contribution in [0, 0.1) is 0 Å². The number of benzene rings is 1. The molecule has 2 saturated heterocycles. The van der Waals surface area contributed by atoms with Gasteiger partial charge in [0, 0.05) is 26.2 Å². The number of para-hydroxylation sites is 1. The lowest BCUT2D eigenvalue weighted by molar-refractivity contribution is -0.138. The standard InChI is InChI=1S/C19H20ClN5O3S/c20-18-15(10-21-25(19(18)28)14-4-2-1-3-5-14)22-6-8-23(9-7-22)16(26)11-24-13-29-12-17(24)27/h1-5,10H,6-9,11-13H2. The Labute approximate surface area is 177 Å². The maximum atomic E-state index is 12.7. The second kappa shape index (κ2) is 8.46. The van der Waals surface area contributed by atoms with E-state index in [1.54, 1.807) is 28.1 Å². The average Bonchev–Trinajstić information content (AvgIpc) is 3.15. The highest BCUT2D eigenvalue weighted by atomic mass is 35.5. The Morgan fingerprint density at radius 3 is 2.48 bits per heavy atom. The zero-order chi connectivity index (χ0) is 20.4. The van der Waals surface area contributed by atoms with E-state index in [1.165, 1.54) is 16.4 Å². The quantitative estimate of drug-likeness (QED) is 0.717. The Morgan fingerprint density at radius 2 is 1.83 bits per heavy atom. The van der Waals surface area contributed by atoms with Gasteiger partial charge in [0.2, 0.25) is 11.8 Å². The first-order chi connectivity index (χ1) is 14.0. The first-order valence-electron chi connectivity index (χ1n) is 9.26. The molecular formula is C19H20ClN5O3S. The third kappa shape index (κ3) is 4.11. The molecule has 1 aromatic heterocycles. The summed E-state index contributed by atoms with van der Waals surface area (Å²) in [6.07, 6.45) is 1.59. The van der Waals surface area contributed by atoms with Gasteiger partial charge in [-0.1, -0.05) is 29.8 Å². The zero-order valence-electron chi connectivity index (χ0n) is 15.7. The van der Waals surface area contributed by atoms with Crippen molar-refractivity contribution >= 4 is 40.9 Å². The summed E-state index contributed by atoms with van der Waals surface area (Å²) < 4.78 is 1.27. The molecule has 4 rings (SSSR count). The predicted octanol–water partition coefficient (Wildman–Crippen LogP) is 1.07. The van der Waals surface area contributed by atoms with E-state index in [2.05, 4.69) is 5.10 Å². The van der Waals surface area contributed by atoms with Crippen molar-refractivity contribution in [2.24, 2.45) is 0 Å². The summed E-state index contributed by atoms with van der Waals surface area (Å²) >= 11 is 7.89. The van der Waals surface area contributed by atoms with Crippen LogP contribution >= 0.6 is 23.4 Å². The molecule has 0 spiro atoms. The monoisotopic (exact) mass is 433 g/mol. The van der Waals surface area contributed by atoms with Crippen LogP contribution < -0.4 is 10.5 Å². The van der Waals surface area contributed by atoms with Crippen molar-refractivity contribution in [2.45, 2.75) is 0 Å². The number of rotatable bonds is 4. The summed E-state index contributed by atoms with van der Waals surface area (Å²) in [6.45, 7) is 2.23. The van der Waals surface area contributed by atoms with Crippen molar-refractivity contribution in [1.82, 2.24) is 19.6 Å². The Morgan fingerprint density at radius 1 is 1.10 bits per heavy atom. The van der Waals surface area contributed by atoms with E-state index in [0.29, 0.717) is 49.2 Å². The number of piperazine rings is 1. The first-order valence-corrected chi connectivity index (χ1v) is 10.8. The largest absolute Gasteiger partial charge is 0.365 e. The third-order valence-corrected chi connectivity index (χ3v) is 6.33. The number of anilines is 1. The number of halogens is 1. The molecule has 152 valence electrons. The summed E-state index contributed by atoms with van der Waals surface area (Å²) in [4.78, 5) is 42.1. The van der Waals surface area contributed by atoms with E-state index in [9.17, 15) is 14.4 Å². The normalized spacial score (nSPS) is 17.1. The lowest BCUT2D eigenvalue weighted by Crippen LogP contribution is -2.51. The van der Waals surface area contributed by atoms with Crippen LogP contribution in [0.15, 0.2) is 41.3 Å². The number of aromatic nitrogens is 2. The topological polar surface area (TPSA) is 78.8 Å². The van der Waals surface area contributed by atoms with Crippen molar-refractivity contribution in [2.75, 3.05) is 49.3 Å². The van der Waals surface area contributed by atoms with Gasteiger partial charge < -0.3 is 14.7 Å². The predicted molar refractivity (Wildman–Crippen MR) is 113 cm³/mol. The van der Waals surface area contributed by atoms with E-state index in [1.807, 2.05) is 23.1 Å². The second-order valence-corrected chi connectivity index (χ2v) is 8.17. The van der Waals surface area contributed by atoms with E-state index >= 15 is 0 Å². The molecule has 0 bridgehead atoms. The molecule has 2 aliphatic rings. The van der Waals surface area contributed by atoms with Gasteiger partial charge in [0.05, 0.1) is 29.2 Å². The number of nitrogens with zero attached hydrogens (tertiary/aromatic N) is 5. The smallest absolute Gasteiger partial charge is 0.292 e. The van der Waals surface area contributed by atoms with Gasteiger partial charge in [-0.05, 0) is 12.1 Å². The minimum absolute atomic E-state index is 0.0128. The second-order valence-electron chi connectivity index (χ2n) is 6.83. The van der Waals surface area contributed by atoms with Crippen LogP contribution in [0.5, 0.6) is 0 Å². The highest BCUT2D eigenvalue weighted by Gasteiger charge is 2.28. The highest BCUT2D eigenvalue weighted by molar-refractivity contribution is 8.00. The SMILES string of the molecule is O=C(CN1CSCC1=O)N1CCN(c2cnn(-c3ccccc3)c(=O)c2Cl)CC1. The van der Waals surface area contributed by atoms with Crippen molar-refractivity contribution in [3.05, 3.63) is 51.9 Å². The van der Waals surface area contributed by atoms with Gasteiger partial charge in [-0.3, -0.25) is 14.4 Å². The molecule has 10 heteroatoms. The lowest BCUT2D eigenvalue weighted by Gasteiger charge is -2.36. The first kappa shape index (κ1) is 19.8. The number of hydrogen-bond donors (Lipinski definition) is 0. The van der Waals surface area contributed by atoms with Gasteiger partial charge in [0.1, 0.15) is 11.6 Å². The highest BCUT2D eigenvalue weighted by Crippen LogP contribution is 2.23. The maximum Gasteiger partial charge on any atom is 0.292 e. The molecular weight excluding hydrogens is 414 g/mol. The van der Waals surface area contributed by atoms with E-state index < -0.39 is 0 Å². The molecule has 2 aromatic rings. The Balaban J connectivity index is 1.42. The lowest BCUT2D eigenvalue weighted by atomic mass is 10.2. The molecule has 0 radical (unpaired) electrons. The van der Waals surface area contributed by atoms with Gasteiger partial charge in [-0.15, -0.1) is 11.8 Å². The Kier molecular flexibility index (Phi) is 5.77. The van der Waals surface area contributed by atoms with Crippen molar-refractivity contribution in [3.63, 3.8) is 0 Å². The molecule has 2 fully saturated rings. The van der Waals surface area contributed by atoms with E-state index in [0.717, 1.165) is 0 Å². The minimum Gasteiger partial charge on any atom is -0.365 e. The number of hydrogen-bond acceptors (Lipinski definition) is 6. The summed E-state index contributed by atoms with van der Waals surface area (Å²) in [7, 11) is 0. The molecule has 1 aromatic carbocycles. The summed E-state index contributed by atoms with van der Waals surface area (Å²) in [5, 5.41) is 4.38. The Hall–Kier alpha value is -2.52. The maximum absolute atomic E-state index is 12.7. The zero-order valence-corrected chi connectivity index (χ0v) is 17.2. The van der Waals surface area contributed by atoms with Crippen LogP contribution in [0.3, 0.4) is 0 Å². The summed E-state index contributed by atoms with van der Waals surface area (Å²) in [5.74, 6) is 0.980. The number of thioether (sulfide) groups is 1. The summed E-state index contributed by atoms with van der Waals surface area (Å²) in [5.41, 5.74) is 0.844. The molecule has 0 saturated carbocycles. The third-order valence-electron chi connectivity index (χ3n) is 5.03. The van der Waals surface area contributed by atoms with Crippen molar-refractivity contribution in [3.8, 4) is 5.69 Å². The van der Waals surface area contributed by atoms with Crippen LogP contribution in [0.25, 0.3) is 5.69 Å². The van der Waals surface area contributed by atoms with Gasteiger partial charge in [-0.25, -0.2) is 0 Å².